The summed E-state index contributed by atoms with van der Waals surface area (Å²) in [5.74, 6) is -0.237. The molecule has 0 saturated heterocycles. The van der Waals surface area contributed by atoms with Gasteiger partial charge in [-0.05, 0) is 42.2 Å². The van der Waals surface area contributed by atoms with Crippen LogP contribution in [0.15, 0.2) is 78.9 Å². The quantitative estimate of drug-likeness (QED) is 0.465. The van der Waals surface area contributed by atoms with E-state index in [1.807, 2.05) is 99.6 Å². The number of amides is 3. The van der Waals surface area contributed by atoms with Gasteiger partial charge in [0.05, 0.1) is 31.4 Å². The number of likely N-dealkylation sites (N-methyl/N-ethyl adjacent to an activating group) is 1. The van der Waals surface area contributed by atoms with E-state index in [9.17, 15) is 14.7 Å². The standard InChI is InChI=1S/C32H39N3O4/c1-22-18-35(23(2)20-36)31(37)29-17-11-10-16-28(29)27-15-9-8-14-26(27)21-39-30(22)19-34(4)32(38)33-24(3)25-12-6-5-7-13-25/h5-17,22-24,30,36H,18-21H2,1-4H3,(H,33,38)/t22-,23-,24+,30-/m0/s1. The van der Waals surface area contributed by atoms with Crippen LogP contribution in [0.3, 0.4) is 0 Å². The first-order valence-electron chi connectivity index (χ1n) is 13.6. The number of urea groups is 1. The highest BCUT2D eigenvalue weighted by atomic mass is 16.5. The fourth-order valence-corrected chi connectivity index (χ4v) is 5.02. The number of benzene rings is 3. The number of rotatable bonds is 6. The summed E-state index contributed by atoms with van der Waals surface area (Å²) in [6.07, 6.45) is -0.344. The van der Waals surface area contributed by atoms with Gasteiger partial charge in [0, 0.05) is 31.6 Å². The lowest BCUT2D eigenvalue weighted by Crippen LogP contribution is -2.49. The molecule has 0 aromatic heterocycles. The fraction of sp³-hybridized carbons (Fsp3) is 0.375. The van der Waals surface area contributed by atoms with Crippen molar-refractivity contribution < 1.29 is 19.4 Å². The summed E-state index contributed by atoms with van der Waals surface area (Å²) in [5, 5.41) is 13.1. The Kier molecular flexibility index (Phi) is 9.38. The molecule has 1 aliphatic rings. The SMILES string of the molecule is C[C@@H](NC(=O)N(C)C[C@@H]1OCc2ccccc2-c2ccccc2C(=O)N([C@@H](C)CO)C[C@@H]1C)c1ccccc1. The molecule has 4 atom stereocenters. The van der Waals surface area contributed by atoms with E-state index in [1.165, 1.54) is 0 Å². The van der Waals surface area contributed by atoms with Crippen LogP contribution in [0.5, 0.6) is 0 Å². The van der Waals surface area contributed by atoms with Crippen LogP contribution in [0, 0.1) is 5.92 Å². The molecule has 4 rings (SSSR count). The van der Waals surface area contributed by atoms with E-state index in [2.05, 4.69) is 5.32 Å². The summed E-state index contributed by atoms with van der Waals surface area (Å²) in [5.41, 5.74) is 4.39. The van der Waals surface area contributed by atoms with Gasteiger partial charge >= 0.3 is 6.03 Å². The molecule has 3 aromatic rings. The summed E-state index contributed by atoms with van der Waals surface area (Å²) in [7, 11) is 1.76. The second kappa shape index (κ2) is 12.9. The number of ether oxygens (including phenoxy) is 1. The Hall–Kier alpha value is -3.68. The largest absolute Gasteiger partial charge is 0.394 e. The molecule has 0 radical (unpaired) electrons. The molecular formula is C32H39N3O4. The lowest BCUT2D eigenvalue weighted by atomic mass is 9.94. The van der Waals surface area contributed by atoms with Gasteiger partial charge in [0.1, 0.15) is 0 Å². The van der Waals surface area contributed by atoms with Crippen molar-refractivity contribution in [2.24, 2.45) is 5.92 Å². The molecule has 1 heterocycles. The first-order valence-corrected chi connectivity index (χ1v) is 13.6. The maximum atomic E-state index is 13.9. The van der Waals surface area contributed by atoms with Gasteiger partial charge in [0.15, 0.2) is 0 Å². The molecule has 1 aliphatic heterocycles. The highest BCUT2D eigenvalue weighted by molar-refractivity contribution is 6.01. The van der Waals surface area contributed by atoms with Crippen molar-refractivity contribution in [3.8, 4) is 11.1 Å². The van der Waals surface area contributed by atoms with Crippen LogP contribution in [-0.4, -0.2) is 65.7 Å². The van der Waals surface area contributed by atoms with Crippen molar-refractivity contribution in [1.29, 1.82) is 0 Å². The predicted molar refractivity (Wildman–Crippen MR) is 153 cm³/mol. The highest BCUT2D eigenvalue weighted by Crippen LogP contribution is 2.31. The number of hydrogen-bond acceptors (Lipinski definition) is 4. The Labute approximate surface area is 231 Å². The first-order chi connectivity index (χ1) is 18.8. The van der Waals surface area contributed by atoms with Gasteiger partial charge in [-0.15, -0.1) is 0 Å². The fourth-order valence-electron chi connectivity index (χ4n) is 5.02. The van der Waals surface area contributed by atoms with Crippen LogP contribution >= 0.6 is 0 Å². The van der Waals surface area contributed by atoms with E-state index in [1.54, 1.807) is 16.8 Å². The molecule has 39 heavy (non-hydrogen) atoms. The third-order valence-electron chi connectivity index (χ3n) is 7.53. The van der Waals surface area contributed by atoms with Crippen LogP contribution in [0.25, 0.3) is 11.1 Å². The molecule has 206 valence electrons. The number of carbonyl (C=O) groups is 2. The maximum Gasteiger partial charge on any atom is 0.317 e. The molecule has 0 unspecified atom stereocenters. The lowest BCUT2D eigenvalue weighted by Gasteiger charge is -2.35. The van der Waals surface area contributed by atoms with E-state index in [-0.39, 0.29) is 42.7 Å². The molecular weight excluding hydrogens is 490 g/mol. The normalized spacial score (nSPS) is 19.2. The monoisotopic (exact) mass is 529 g/mol. The summed E-state index contributed by atoms with van der Waals surface area (Å²) >= 11 is 0. The van der Waals surface area contributed by atoms with Crippen molar-refractivity contribution in [3.05, 3.63) is 95.6 Å². The van der Waals surface area contributed by atoms with Gasteiger partial charge in [-0.2, -0.15) is 0 Å². The van der Waals surface area contributed by atoms with Crippen LogP contribution in [0.4, 0.5) is 4.79 Å². The predicted octanol–water partition coefficient (Wildman–Crippen LogP) is 5.11. The summed E-state index contributed by atoms with van der Waals surface area (Å²) in [6.45, 7) is 6.76. The second-order valence-electron chi connectivity index (χ2n) is 10.5. The number of fused-ring (bicyclic) bond motifs is 3. The highest BCUT2D eigenvalue weighted by Gasteiger charge is 2.31. The average molecular weight is 530 g/mol. The molecule has 7 nitrogen and oxygen atoms in total. The van der Waals surface area contributed by atoms with E-state index in [0.717, 1.165) is 22.3 Å². The Bertz CT molecular complexity index is 1270. The smallest absolute Gasteiger partial charge is 0.317 e. The van der Waals surface area contributed by atoms with Crippen LogP contribution in [-0.2, 0) is 11.3 Å². The molecule has 0 saturated carbocycles. The Morgan fingerprint density at radius 1 is 1.00 bits per heavy atom. The molecule has 0 bridgehead atoms. The van der Waals surface area contributed by atoms with E-state index in [4.69, 9.17) is 4.74 Å². The third-order valence-corrected chi connectivity index (χ3v) is 7.53. The lowest BCUT2D eigenvalue weighted by molar-refractivity contribution is -0.0185. The Morgan fingerprint density at radius 3 is 2.31 bits per heavy atom. The van der Waals surface area contributed by atoms with E-state index in [0.29, 0.717) is 25.3 Å². The number of aliphatic hydroxyl groups is 1. The van der Waals surface area contributed by atoms with Gasteiger partial charge < -0.3 is 25.0 Å². The minimum Gasteiger partial charge on any atom is -0.394 e. The van der Waals surface area contributed by atoms with Crippen molar-refractivity contribution in [1.82, 2.24) is 15.1 Å². The molecule has 0 fully saturated rings. The van der Waals surface area contributed by atoms with Crippen molar-refractivity contribution in [2.45, 2.75) is 45.6 Å². The zero-order valence-electron chi connectivity index (χ0n) is 23.2. The van der Waals surface area contributed by atoms with Crippen LogP contribution in [0.1, 0.15) is 48.3 Å². The van der Waals surface area contributed by atoms with Gasteiger partial charge in [-0.1, -0.05) is 79.7 Å². The second-order valence-corrected chi connectivity index (χ2v) is 10.5. The number of hydrogen-bond donors (Lipinski definition) is 2. The van der Waals surface area contributed by atoms with Crippen LogP contribution < -0.4 is 5.32 Å². The Morgan fingerprint density at radius 2 is 1.62 bits per heavy atom. The molecule has 3 amide bonds. The summed E-state index contributed by atoms with van der Waals surface area (Å²) in [6, 6.07) is 24.7. The minimum absolute atomic E-state index is 0.109. The average Bonchev–Trinajstić information content (AvgIpc) is 2.98. The molecule has 7 heteroatoms. The molecule has 0 spiro atoms. The zero-order chi connectivity index (χ0) is 27.9. The number of nitrogens with one attached hydrogen (secondary N) is 1. The maximum absolute atomic E-state index is 13.9. The summed E-state index contributed by atoms with van der Waals surface area (Å²) < 4.78 is 6.51. The minimum atomic E-state index is -0.377. The van der Waals surface area contributed by atoms with Crippen molar-refractivity contribution >= 4 is 11.9 Å². The number of carbonyl (C=O) groups excluding carboxylic acids is 2. The van der Waals surface area contributed by atoms with Gasteiger partial charge in [-0.3, -0.25) is 4.79 Å². The first kappa shape index (κ1) is 28.3. The zero-order valence-corrected chi connectivity index (χ0v) is 23.2. The van der Waals surface area contributed by atoms with E-state index >= 15 is 0 Å². The molecule has 0 aliphatic carbocycles. The van der Waals surface area contributed by atoms with Gasteiger partial charge in [0.25, 0.3) is 5.91 Å². The number of aliphatic hydroxyl groups excluding tert-OH is 1. The topological polar surface area (TPSA) is 82.1 Å². The van der Waals surface area contributed by atoms with Crippen molar-refractivity contribution in [3.63, 3.8) is 0 Å². The third kappa shape index (κ3) is 6.67. The van der Waals surface area contributed by atoms with E-state index < -0.39 is 0 Å². The summed E-state index contributed by atoms with van der Waals surface area (Å²) in [4.78, 5) is 30.4. The number of nitrogens with zero attached hydrogens (tertiary/aromatic N) is 2. The van der Waals surface area contributed by atoms with Crippen molar-refractivity contribution in [2.75, 3.05) is 26.7 Å². The molecule has 2 N–H and O–H groups in total. The van der Waals surface area contributed by atoms with Gasteiger partial charge in [-0.25, -0.2) is 4.79 Å². The van der Waals surface area contributed by atoms with Gasteiger partial charge in [0.2, 0.25) is 0 Å². The Balaban J connectivity index is 1.61. The van der Waals surface area contributed by atoms with Crippen LogP contribution in [0.2, 0.25) is 0 Å². The molecule has 3 aromatic carbocycles.